The molecule has 1 fully saturated rings. The van der Waals surface area contributed by atoms with Crippen molar-refractivity contribution < 1.29 is 142 Å². The molecule has 730 valence electrons. The number of Topliss-reactive ketones (excluding diaryl/α,β-unsaturated/α-hetero) is 8. The van der Waals surface area contributed by atoms with Crippen molar-refractivity contribution in [3.8, 4) is 11.5 Å². The maximum absolute atomic E-state index is 14.9. The second-order valence-corrected chi connectivity index (χ2v) is 35.7. The van der Waals surface area contributed by atoms with Gasteiger partial charge in [-0.15, -0.1) is 11.8 Å². The van der Waals surface area contributed by atoms with E-state index in [1.807, 2.05) is 0 Å². The number of nitrogens with zero attached hydrogens (tertiary/aromatic N) is 1. The highest BCUT2D eigenvalue weighted by molar-refractivity contribution is 8.00. The van der Waals surface area contributed by atoms with Crippen molar-refractivity contribution in [1.82, 2.24) is 42.1 Å². The molecule has 39 heteroatoms. The Hall–Kier alpha value is -11.1. The molecule has 1 aliphatic rings. The van der Waals surface area contributed by atoms with E-state index in [2.05, 4.69) is 37.2 Å². The molecule has 0 radical (unpaired) electrons. The van der Waals surface area contributed by atoms with Crippen LogP contribution in [0.1, 0.15) is 194 Å². The highest BCUT2D eigenvalue weighted by Gasteiger charge is 2.41. The average molecular weight is 1870 g/mol. The van der Waals surface area contributed by atoms with Crippen molar-refractivity contribution in [2.24, 2.45) is 59.0 Å². The summed E-state index contributed by atoms with van der Waals surface area (Å²) in [5.41, 5.74) is 6.77. The van der Waals surface area contributed by atoms with Crippen molar-refractivity contribution >= 4 is 123 Å². The second kappa shape index (κ2) is 58.7. The molecule has 1 heterocycles. The van der Waals surface area contributed by atoms with Gasteiger partial charge in [0.2, 0.25) is 47.3 Å². The number of carboxylic acids is 3. The molecule has 0 aromatic heterocycles. The minimum absolute atomic E-state index is 0.00266. The first kappa shape index (κ1) is 113. The SMILES string of the molecule is CC[C@H](C)[C@H](NC(=O)[C@H](CO)CC(=O)[C@H](Cc1ccc(O)cc1)NC(=O)[C@H](CC(=O)O)CC(=O)[C@H](CO)NC(=O)[C@@H](CC(=O)[C@H](Cc1ccccc1)NC(=O)[C@@H](CC(=O)CNC(=O)[C@H](CCC(=O)O)CC(=O)CSCC(=O)CCCN1CC[C@H](O)CC1=O)[C@@H](C)O)[C@@H](C)O)C(=O)C[C@@H](Cc1ccc(O)cc1)C(=O)N[C@@H](CC(C)C)C(=O)C[C@@H](CC(=O)O)C(=O)N[C@H](C)CCCCN. The molecule has 8 amide bonds. The fraction of sp³-hybridized carbons (Fsp3) is 0.602. The quantitative estimate of drug-likeness (QED) is 0.0360. The maximum atomic E-state index is 14.9. The molecular weight excluding hydrogens is 1740 g/mol. The number of nitrogens with one attached hydrogen (secondary N) is 7. The summed E-state index contributed by atoms with van der Waals surface area (Å²) in [5.74, 6) is -30.2. The zero-order valence-electron chi connectivity index (χ0n) is 76.0. The summed E-state index contributed by atoms with van der Waals surface area (Å²) in [6.07, 6.45) is -9.97. The molecule has 38 nitrogen and oxygen atoms in total. The van der Waals surface area contributed by atoms with Gasteiger partial charge < -0.3 is 98.9 Å². The Kier molecular flexibility index (Phi) is 50.4. The number of aliphatic carboxylic acids is 3. The smallest absolute Gasteiger partial charge is 0.304 e. The van der Waals surface area contributed by atoms with E-state index >= 15 is 0 Å². The maximum Gasteiger partial charge on any atom is 0.304 e. The zero-order chi connectivity index (χ0) is 98.6. The number of ketones is 8. The molecule has 1 saturated heterocycles. The van der Waals surface area contributed by atoms with E-state index in [0.29, 0.717) is 62.9 Å². The van der Waals surface area contributed by atoms with Gasteiger partial charge in [0.15, 0.2) is 34.7 Å². The van der Waals surface area contributed by atoms with E-state index in [-0.39, 0.29) is 97.2 Å². The van der Waals surface area contributed by atoms with E-state index in [9.17, 15) is 142 Å². The average Bonchev–Trinajstić information content (AvgIpc) is 0.838. The van der Waals surface area contributed by atoms with Gasteiger partial charge in [0, 0.05) is 88.8 Å². The summed E-state index contributed by atoms with van der Waals surface area (Å²) in [7, 11) is 0. The number of nitrogens with two attached hydrogens (primary N) is 1. The Labute approximate surface area is 771 Å². The van der Waals surface area contributed by atoms with Crippen LogP contribution in [0.4, 0.5) is 0 Å². The minimum atomic E-state index is -1.99. The number of phenolic OH excluding ortho intramolecular Hbond substituents is 2. The van der Waals surface area contributed by atoms with Gasteiger partial charge in [-0.3, -0.25) is 91.1 Å². The van der Waals surface area contributed by atoms with Crippen LogP contribution >= 0.6 is 11.8 Å². The number of carbonyl (C=O) groups is 19. The lowest BCUT2D eigenvalue weighted by atomic mass is 9.85. The van der Waals surface area contributed by atoms with Gasteiger partial charge >= 0.3 is 17.9 Å². The van der Waals surface area contributed by atoms with Crippen LogP contribution in [-0.2, 0) is 110 Å². The molecule has 3 aromatic rings. The molecule has 132 heavy (non-hydrogen) atoms. The predicted octanol–water partition coefficient (Wildman–Crippen LogP) is 2.05. The first-order valence-electron chi connectivity index (χ1n) is 44.7. The summed E-state index contributed by atoms with van der Waals surface area (Å²) in [4.78, 5) is 261. The van der Waals surface area contributed by atoms with Gasteiger partial charge in [-0.05, 0) is 138 Å². The van der Waals surface area contributed by atoms with E-state index in [1.165, 1.54) is 48.5 Å². The van der Waals surface area contributed by atoms with Crippen molar-refractivity contribution in [3.63, 3.8) is 0 Å². The van der Waals surface area contributed by atoms with Crippen LogP contribution < -0.4 is 43.0 Å². The Morgan fingerprint density at radius 3 is 1.46 bits per heavy atom. The molecule has 0 unspecified atom stereocenters. The van der Waals surface area contributed by atoms with Gasteiger partial charge in [0.05, 0.1) is 123 Å². The highest BCUT2D eigenvalue weighted by Crippen LogP contribution is 2.27. The summed E-state index contributed by atoms with van der Waals surface area (Å²) in [6, 6.07) is 10.4. The number of hydrogen-bond donors (Lipinski definition) is 18. The van der Waals surface area contributed by atoms with E-state index in [4.69, 9.17) is 5.73 Å². The first-order chi connectivity index (χ1) is 62.3. The van der Waals surface area contributed by atoms with Crippen LogP contribution in [-0.4, -0.2) is 273 Å². The van der Waals surface area contributed by atoms with Gasteiger partial charge in [-0.25, -0.2) is 0 Å². The number of likely N-dealkylation sites (tertiary alicyclic amines) is 1. The lowest BCUT2D eigenvalue weighted by Gasteiger charge is -2.29. The minimum Gasteiger partial charge on any atom is -0.508 e. The highest BCUT2D eigenvalue weighted by atomic mass is 32.2. The normalized spacial score (nSPS) is 16.3. The van der Waals surface area contributed by atoms with Crippen molar-refractivity contribution in [2.75, 3.05) is 50.9 Å². The predicted molar refractivity (Wildman–Crippen MR) is 480 cm³/mol. The first-order valence-corrected chi connectivity index (χ1v) is 45.9. The molecular formula is C93H133N9O29S. The molecule has 17 atom stereocenters. The number of carboxylic acid groups (broad SMARTS) is 3. The van der Waals surface area contributed by atoms with Crippen molar-refractivity contribution in [1.29, 1.82) is 0 Å². The third-order valence-corrected chi connectivity index (χ3v) is 24.1. The summed E-state index contributed by atoms with van der Waals surface area (Å²) < 4.78 is 0. The molecule has 0 bridgehead atoms. The van der Waals surface area contributed by atoms with Crippen molar-refractivity contribution in [2.45, 2.75) is 251 Å². The van der Waals surface area contributed by atoms with Gasteiger partial charge in [-0.2, -0.15) is 0 Å². The van der Waals surface area contributed by atoms with Crippen LogP contribution in [0, 0.1) is 53.3 Å². The van der Waals surface area contributed by atoms with E-state index in [0.717, 1.165) is 25.6 Å². The number of aromatic hydroxyl groups is 2. The van der Waals surface area contributed by atoms with Gasteiger partial charge in [-0.1, -0.05) is 95.1 Å². The van der Waals surface area contributed by atoms with Crippen LogP contribution in [0.5, 0.6) is 11.5 Å². The molecule has 1 aliphatic heterocycles. The van der Waals surface area contributed by atoms with Gasteiger partial charge in [0.25, 0.3) is 0 Å². The van der Waals surface area contributed by atoms with Crippen LogP contribution in [0.15, 0.2) is 78.9 Å². The summed E-state index contributed by atoms with van der Waals surface area (Å²) in [5, 5.41) is 121. The molecule has 0 saturated carbocycles. The van der Waals surface area contributed by atoms with Crippen LogP contribution in [0.25, 0.3) is 0 Å². The third kappa shape index (κ3) is 41.8. The number of thioether (sulfide) groups is 1. The Morgan fingerprint density at radius 2 is 0.939 bits per heavy atom. The number of aliphatic hydroxyl groups is 5. The Balaban J connectivity index is 1.52. The van der Waals surface area contributed by atoms with Crippen molar-refractivity contribution in [3.05, 3.63) is 95.6 Å². The number of aliphatic hydroxyl groups excluding tert-OH is 5. The lowest BCUT2D eigenvalue weighted by molar-refractivity contribution is -0.143. The number of unbranched alkanes of at least 4 members (excludes halogenated alkanes) is 1. The number of hydrogen-bond acceptors (Lipinski definition) is 28. The number of amides is 8. The summed E-state index contributed by atoms with van der Waals surface area (Å²) >= 11 is 0.976. The fourth-order valence-electron chi connectivity index (χ4n) is 15.1. The van der Waals surface area contributed by atoms with Gasteiger partial charge in [0.1, 0.15) is 29.1 Å². The van der Waals surface area contributed by atoms with Crippen LogP contribution in [0.3, 0.4) is 0 Å². The molecule has 0 aliphatic carbocycles. The second-order valence-electron chi connectivity index (χ2n) is 34.8. The van der Waals surface area contributed by atoms with E-state index < -0.39 is 286 Å². The zero-order valence-corrected chi connectivity index (χ0v) is 76.8. The standard InChI is InChI=1S/C93H133N9O29S/c1-8-53(4)86(81(117)40-61(34-58-19-24-65(107)25-20-58)89(127)97-73(33-52(2)3)77(113)38-62(42-84(121)122)88(126)96-54(5)15-12-13-30-94)101-91(129)64(48-103)41-78(114)74(36-59-21-26-66(108)27-22-59)98-90(128)63(43-85(123)124)39-79(115)76(49-104)100-93(131)72(56(7)106)46-80(116)75(35-57-16-10-9-11-17-57)99-92(130)71(55(6)105)44-69(111)47-95-87(125)60(23-28-83(119)120)37-70(112)51-132-50-68(110)18-14-31-102-32-29-67(109)45-82(102)118/h9-11,16-17,19-22,24-27,52-56,60-64,67,71-76,86,103-109H,8,12-15,18,23,28-51,94H2,1-7H3,(H,95,125)(H,96,126)(H,97,127)(H,98,128)(H,99,130)(H,100,131)(H,101,129)(H,119,120)(H,121,122)(H,123,124)/t53-,54+,55+,56+,60+,61+,62-,63-,64-,67-,71-,72-,73-,74-,75-,76-,86-/m0/s1. The number of piperidine rings is 1. The number of benzene rings is 3. The fourth-order valence-corrected chi connectivity index (χ4v) is 15.9. The Morgan fingerprint density at radius 1 is 0.462 bits per heavy atom. The largest absolute Gasteiger partial charge is 0.508 e. The molecule has 0 spiro atoms. The lowest BCUT2D eigenvalue weighted by Crippen LogP contribution is -2.52. The molecule has 4 rings (SSSR count). The summed E-state index contributed by atoms with van der Waals surface area (Å²) in [6.45, 7) is 8.83. The topological polar surface area (TPSA) is 640 Å². The molecule has 3 aromatic carbocycles. The number of rotatable bonds is 67. The Bertz CT molecular complexity index is 4380. The number of carbonyl (C=O) groups excluding carboxylic acids is 16. The third-order valence-electron chi connectivity index (χ3n) is 23.1. The number of phenols is 2. The monoisotopic (exact) mass is 1870 g/mol. The van der Waals surface area contributed by atoms with Crippen LogP contribution in [0.2, 0.25) is 0 Å². The molecule has 19 N–H and O–H groups in total. The van der Waals surface area contributed by atoms with E-state index in [1.54, 1.807) is 69.9 Å².